The van der Waals surface area contributed by atoms with Crippen LogP contribution in [0.5, 0.6) is 0 Å². The maximum atomic E-state index is 11.9. The summed E-state index contributed by atoms with van der Waals surface area (Å²) in [5.74, 6) is 0.604. The van der Waals surface area contributed by atoms with Crippen molar-refractivity contribution >= 4 is 17.4 Å². The largest absolute Gasteiger partial charge is 0.444 e. The van der Waals surface area contributed by atoms with Gasteiger partial charge in [0.1, 0.15) is 10.6 Å². The lowest BCUT2D eigenvalue weighted by molar-refractivity contribution is 0.0517. The summed E-state index contributed by atoms with van der Waals surface area (Å²) < 4.78 is 5.34. The Kier molecular flexibility index (Phi) is 6.41. The number of thiazole rings is 1. The molecule has 1 heterocycles. The number of hydrogen-bond acceptors (Lipinski definition) is 5. The molecule has 2 rings (SSSR count). The van der Waals surface area contributed by atoms with E-state index in [2.05, 4.69) is 22.5 Å². The number of nitrogens with zero attached hydrogens (tertiary/aromatic N) is 1. The Hall–Kier alpha value is -1.14. The number of ether oxygens (including phenoxy) is 1. The Bertz CT molecular complexity index is 479. The Balaban J connectivity index is 1.90. The van der Waals surface area contributed by atoms with Crippen molar-refractivity contribution in [2.24, 2.45) is 5.92 Å². The Morgan fingerprint density at radius 2 is 2.13 bits per heavy atom. The van der Waals surface area contributed by atoms with Gasteiger partial charge < -0.3 is 15.4 Å². The Morgan fingerprint density at radius 1 is 1.43 bits per heavy atom. The molecule has 2 N–H and O–H groups in total. The molecule has 2 atom stereocenters. The van der Waals surface area contributed by atoms with E-state index in [1.807, 2.05) is 32.3 Å². The van der Waals surface area contributed by atoms with Gasteiger partial charge in [-0.15, -0.1) is 11.3 Å². The fourth-order valence-corrected chi connectivity index (χ4v) is 3.72. The van der Waals surface area contributed by atoms with Gasteiger partial charge in [0.25, 0.3) is 0 Å². The summed E-state index contributed by atoms with van der Waals surface area (Å²) in [5, 5.41) is 9.67. The quantitative estimate of drug-likeness (QED) is 0.825. The Labute approximate surface area is 143 Å². The highest BCUT2D eigenvalue weighted by Crippen LogP contribution is 2.29. The number of nitrogens with one attached hydrogen (secondary N) is 2. The third kappa shape index (κ3) is 6.11. The number of hydrogen-bond donors (Lipinski definition) is 2. The molecule has 1 amide bonds. The van der Waals surface area contributed by atoms with Gasteiger partial charge in [0.2, 0.25) is 0 Å². The van der Waals surface area contributed by atoms with Crippen molar-refractivity contribution in [2.75, 3.05) is 6.54 Å². The molecule has 0 aliphatic heterocycles. The lowest BCUT2D eigenvalue weighted by Gasteiger charge is -2.28. The third-order valence-electron chi connectivity index (χ3n) is 4.12. The molecule has 1 aliphatic carbocycles. The predicted molar refractivity (Wildman–Crippen MR) is 93.6 cm³/mol. The zero-order valence-electron chi connectivity index (χ0n) is 14.6. The summed E-state index contributed by atoms with van der Waals surface area (Å²) in [7, 11) is 0. The van der Waals surface area contributed by atoms with E-state index in [1.54, 1.807) is 11.3 Å². The van der Waals surface area contributed by atoms with Gasteiger partial charge in [-0.05, 0) is 46.5 Å². The molecule has 1 fully saturated rings. The highest BCUT2D eigenvalue weighted by molar-refractivity contribution is 7.09. The zero-order valence-corrected chi connectivity index (χ0v) is 15.4. The first-order valence-electron chi connectivity index (χ1n) is 8.47. The molecule has 0 saturated heterocycles. The third-order valence-corrected chi connectivity index (χ3v) is 5.08. The van der Waals surface area contributed by atoms with E-state index >= 15 is 0 Å². The van der Waals surface area contributed by atoms with Crippen molar-refractivity contribution in [3.05, 3.63) is 16.6 Å². The molecule has 0 spiro atoms. The number of rotatable bonds is 6. The van der Waals surface area contributed by atoms with Crippen LogP contribution in [0.3, 0.4) is 0 Å². The van der Waals surface area contributed by atoms with Crippen molar-refractivity contribution in [1.82, 2.24) is 15.6 Å². The highest BCUT2D eigenvalue weighted by atomic mass is 32.1. The molecular weight excluding hydrogens is 310 g/mol. The first-order valence-corrected chi connectivity index (χ1v) is 9.35. The second kappa shape index (κ2) is 8.11. The molecule has 0 radical (unpaired) electrons. The van der Waals surface area contributed by atoms with Crippen LogP contribution in [-0.2, 0) is 4.74 Å². The average molecular weight is 340 g/mol. The molecule has 23 heavy (non-hydrogen) atoms. The second-order valence-electron chi connectivity index (χ2n) is 7.29. The van der Waals surface area contributed by atoms with Crippen molar-refractivity contribution in [3.63, 3.8) is 0 Å². The van der Waals surface area contributed by atoms with Crippen LogP contribution in [0, 0.1) is 5.92 Å². The summed E-state index contributed by atoms with van der Waals surface area (Å²) in [6.45, 7) is 8.36. The second-order valence-corrected chi connectivity index (χ2v) is 8.22. The van der Waals surface area contributed by atoms with E-state index < -0.39 is 5.60 Å². The summed E-state index contributed by atoms with van der Waals surface area (Å²) in [4.78, 5) is 16.3. The molecule has 0 aromatic carbocycles. The van der Waals surface area contributed by atoms with Crippen LogP contribution in [0.15, 0.2) is 11.6 Å². The monoisotopic (exact) mass is 339 g/mol. The number of alkyl carbamates (subject to hydrolysis) is 1. The van der Waals surface area contributed by atoms with Crippen LogP contribution in [0.1, 0.15) is 64.4 Å². The molecule has 1 aromatic heterocycles. The van der Waals surface area contributed by atoms with E-state index in [1.165, 1.54) is 25.7 Å². The molecular formula is C17H29N3O2S. The number of carbonyl (C=O) groups excluding carboxylic acids is 1. The van der Waals surface area contributed by atoms with Crippen molar-refractivity contribution in [3.8, 4) is 0 Å². The molecule has 130 valence electrons. The van der Waals surface area contributed by atoms with Crippen LogP contribution >= 0.6 is 11.3 Å². The van der Waals surface area contributed by atoms with Crippen molar-refractivity contribution in [2.45, 2.75) is 71.1 Å². The average Bonchev–Trinajstić information content (AvgIpc) is 3.13. The van der Waals surface area contributed by atoms with E-state index in [-0.39, 0.29) is 18.2 Å². The topological polar surface area (TPSA) is 63.2 Å². The van der Waals surface area contributed by atoms with E-state index in [4.69, 9.17) is 4.74 Å². The fraction of sp³-hybridized carbons (Fsp3) is 0.765. The maximum Gasteiger partial charge on any atom is 0.407 e. The van der Waals surface area contributed by atoms with Crippen LogP contribution < -0.4 is 10.6 Å². The minimum atomic E-state index is -0.464. The molecule has 1 aromatic rings. The van der Waals surface area contributed by atoms with Gasteiger partial charge in [-0.1, -0.05) is 12.8 Å². The fourth-order valence-electron chi connectivity index (χ4n) is 3.07. The minimum absolute atomic E-state index is 0.195. The maximum absolute atomic E-state index is 11.9. The molecule has 0 bridgehead atoms. The Morgan fingerprint density at radius 3 is 2.70 bits per heavy atom. The van der Waals surface area contributed by atoms with Gasteiger partial charge in [-0.3, -0.25) is 0 Å². The van der Waals surface area contributed by atoms with Crippen LogP contribution in [0.4, 0.5) is 4.79 Å². The van der Waals surface area contributed by atoms with Gasteiger partial charge >= 0.3 is 6.09 Å². The molecule has 1 aliphatic rings. The zero-order chi connectivity index (χ0) is 16.9. The number of amides is 1. The molecule has 1 saturated carbocycles. The lowest BCUT2D eigenvalue weighted by Crippen LogP contribution is -2.46. The SMILES string of the molecule is CC(NC(CNC(=O)OC(C)(C)C)C1CCCC1)c1nccs1. The van der Waals surface area contributed by atoms with Gasteiger partial charge in [-0.25, -0.2) is 9.78 Å². The predicted octanol–water partition coefficient (Wildman–Crippen LogP) is 3.88. The summed E-state index contributed by atoms with van der Waals surface area (Å²) in [6, 6.07) is 0.449. The minimum Gasteiger partial charge on any atom is -0.444 e. The highest BCUT2D eigenvalue weighted by Gasteiger charge is 2.28. The van der Waals surface area contributed by atoms with E-state index in [9.17, 15) is 4.79 Å². The first kappa shape index (κ1) is 18.2. The molecule has 6 heteroatoms. The summed E-state index contributed by atoms with van der Waals surface area (Å²) >= 11 is 1.66. The number of carbonyl (C=O) groups is 1. The smallest absolute Gasteiger partial charge is 0.407 e. The van der Waals surface area contributed by atoms with Crippen LogP contribution in [-0.4, -0.2) is 29.3 Å². The molecule has 2 unspecified atom stereocenters. The van der Waals surface area contributed by atoms with Crippen LogP contribution in [0.2, 0.25) is 0 Å². The van der Waals surface area contributed by atoms with Gasteiger partial charge in [0.15, 0.2) is 0 Å². The molecule has 5 nitrogen and oxygen atoms in total. The summed E-state index contributed by atoms with van der Waals surface area (Å²) in [5.41, 5.74) is -0.464. The normalized spacial score (nSPS) is 18.6. The standard InChI is InChI=1S/C17H29N3O2S/c1-12(15-18-9-10-23-15)20-14(13-7-5-6-8-13)11-19-16(21)22-17(2,3)4/h9-10,12-14,20H,5-8,11H2,1-4H3,(H,19,21). The van der Waals surface area contributed by atoms with Crippen molar-refractivity contribution < 1.29 is 9.53 Å². The first-order chi connectivity index (χ1) is 10.8. The van der Waals surface area contributed by atoms with Gasteiger partial charge in [-0.2, -0.15) is 0 Å². The van der Waals surface area contributed by atoms with Crippen LogP contribution in [0.25, 0.3) is 0 Å². The number of aromatic nitrogens is 1. The van der Waals surface area contributed by atoms with E-state index in [0.717, 1.165) is 5.01 Å². The van der Waals surface area contributed by atoms with Gasteiger partial charge in [0, 0.05) is 24.2 Å². The van der Waals surface area contributed by atoms with Gasteiger partial charge in [0.05, 0.1) is 6.04 Å². The summed E-state index contributed by atoms with van der Waals surface area (Å²) in [6.07, 6.45) is 6.49. The van der Waals surface area contributed by atoms with Crippen molar-refractivity contribution in [1.29, 1.82) is 0 Å². The lowest BCUT2D eigenvalue weighted by atomic mass is 9.97. The van der Waals surface area contributed by atoms with E-state index in [0.29, 0.717) is 12.5 Å².